The highest BCUT2D eigenvalue weighted by Crippen LogP contribution is 2.22. The van der Waals surface area contributed by atoms with E-state index in [4.69, 9.17) is 4.74 Å². The van der Waals surface area contributed by atoms with Crippen LogP contribution >= 0.6 is 0 Å². The molecule has 1 aliphatic carbocycles. The number of ether oxygens (including phenoxy) is 1. The molecule has 4 heteroatoms. The first-order chi connectivity index (χ1) is 11.8. The number of hydrogen-bond acceptors (Lipinski definition) is 3. The molecule has 0 saturated heterocycles. The summed E-state index contributed by atoms with van der Waals surface area (Å²) in [5, 5.41) is 2.61. The Hall–Kier alpha value is -1.32. The number of allylic oxidation sites excluding steroid dienone is 1. The van der Waals surface area contributed by atoms with Crippen LogP contribution in [-0.4, -0.2) is 19.0 Å². The monoisotopic (exact) mass is 337 g/mol. The molecule has 0 radical (unpaired) electrons. The van der Waals surface area contributed by atoms with E-state index < -0.39 is 5.97 Å². The zero-order valence-corrected chi connectivity index (χ0v) is 15.4. The van der Waals surface area contributed by atoms with Crippen molar-refractivity contribution in [1.29, 1.82) is 0 Å². The van der Waals surface area contributed by atoms with Gasteiger partial charge in [-0.2, -0.15) is 0 Å². The van der Waals surface area contributed by atoms with Gasteiger partial charge in [0.15, 0.2) is 0 Å². The second-order valence-corrected chi connectivity index (χ2v) is 6.70. The van der Waals surface area contributed by atoms with Gasteiger partial charge in [-0.15, -0.1) is 0 Å². The van der Waals surface area contributed by atoms with E-state index in [9.17, 15) is 9.59 Å². The molecule has 1 saturated carbocycles. The Morgan fingerprint density at radius 2 is 1.29 bits per heavy atom. The van der Waals surface area contributed by atoms with Crippen molar-refractivity contribution in [2.24, 2.45) is 0 Å². The number of carbonyl (C=O) groups excluding carboxylic acids is 2. The first-order valence-corrected chi connectivity index (χ1v) is 9.89. The van der Waals surface area contributed by atoms with Crippen LogP contribution in [0.25, 0.3) is 0 Å². The standard InChI is InChI=1S/C20H35NO3/c1-2-24-20(23)19(21-17-22)18-15-13-11-9-7-5-3-4-6-8-10-12-14-16-18/h17H,2-16H2,1H3,(H,21,22). The van der Waals surface area contributed by atoms with Gasteiger partial charge in [0.2, 0.25) is 6.41 Å². The van der Waals surface area contributed by atoms with Crippen molar-refractivity contribution in [3.8, 4) is 0 Å². The first kappa shape index (κ1) is 20.7. The highest BCUT2D eigenvalue weighted by molar-refractivity contribution is 5.91. The number of hydrogen-bond donors (Lipinski definition) is 1. The van der Waals surface area contributed by atoms with E-state index >= 15 is 0 Å². The predicted octanol–water partition coefficient (Wildman–Crippen LogP) is 5.02. The van der Waals surface area contributed by atoms with Crippen LogP contribution in [0.5, 0.6) is 0 Å². The number of nitrogens with one attached hydrogen (secondary N) is 1. The minimum atomic E-state index is -0.391. The summed E-state index contributed by atoms with van der Waals surface area (Å²) in [6.07, 6.45) is 17.5. The SMILES string of the molecule is CCOC(=O)C(NC=O)=C1CCCCCCCCCCCCCC1. The zero-order chi connectivity index (χ0) is 17.5. The highest BCUT2D eigenvalue weighted by Gasteiger charge is 2.16. The van der Waals surface area contributed by atoms with Gasteiger partial charge in [0.1, 0.15) is 5.70 Å². The maximum Gasteiger partial charge on any atom is 0.354 e. The van der Waals surface area contributed by atoms with Gasteiger partial charge < -0.3 is 10.1 Å². The maximum atomic E-state index is 12.2. The third kappa shape index (κ3) is 9.09. The average Bonchev–Trinajstić information content (AvgIpc) is 2.59. The van der Waals surface area contributed by atoms with E-state index in [1.807, 2.05) is 0 Å². The normalized spacial score (nSPS) is 18.8. The van der Waals surface area contributed by atoms with Crippen molar-refractivity contribution < 1.29 is 14.3 Å². The van der Waals surface area contributed by atoms with Crippen LogP contribution in [0.15, 0.2) is 11.3 Å². The molecule has 1 amide bonds. The Kier molecular flexibility index (Phi) is 12.1. The lowest BCUT2D eigenvalue weighted by atomic mass is 9.98. The molecule has 0 atom stereocenters. The summed E-state index contributed by atoms with van der Waals surface area (Å²) >= 11 is 0. The summed E-state index contributed by atoms with van der Waals surface area (Å²) in [4.78, 5) is 23.1. The maximum absolute atomic E-state index is 12.2. The quantitative estimate of drug-likeness (QED) is 0.445. The Labute approximate surface area is 147 Å². The number of amides is 1. The number of esters is 1. The fourth-order valence-electron chi connectivity index (χ4n) is 3.39. The van der Waals surface area contributed by atoms with Gasteiger partial charge in [-0.1, -0.05) is 64.2 Å². The average molecular weight is 338 g/mol. The molecule has 0 spiro atoms. The third-order valence-electron chi connectivity index (χ3n) is 4.74. The van der Waals surface area contributed by atoms with Crippen LogP contribution in [0, 0.1) is 0 Å². The van der Waals surface area contributed by atoms with E-state index in [0.29, 0.717) is 18.7 Å². The molecular formula is C20H35NO3. The molecular weight excluding hydrogens is 302 g/mol. The summed E-state index contributed by atoms with van der Waals surface area (Å²) in [5.74, 6) is -0.391. The van der Waals surface area contributed by atoms with Crippen LogP contribution in [-0.2, 0) is 14.3 Å². The van der Waals surface area contributed by atoms with Crippen LogP contribution in [0.1, 0.15) is 96.8 Å². The van der Waals surface area contributed by atoms with Crippen molar-refractivity contribution in [1.82, 2.24) is 5.32 Å². The Morgan fingerprint density at radius 1 is 0.875 bits per heavy atom. The smallest absolute Gasteiger partial charge is 0.354 e. The van der Waals surface area contributed by atoms with E-state index in [1.165, 1.54) is 64.2 Å². The molecule has 1 N–H and O–H groups in total. The molecule has 4 nitrogen and oxygen atoms in total. The van der Waals surface area contributed by atoms with Gasteiger partial charge in [-0.3, -0.25) is 4.79 Å². The molecule has 1 rings (SSSR count). The molecule has 0 unspecified atom stereocenters. The molecule has 138 valence electrons. The van der Waals surface area contributed by atoms with Crippen LogP contribution in [0.2, 0.25) is 0 Å². The number of carbonyl (C=O) groups is 2. The van der Waals surface area contributed by atoms with Gasteiger partial charge in [0.25, 0.3) is 0 Å². The summed E-state index contributed by atoms with van der Waals surface area (Å²) in [5.41, 5.74) is 1.45. The van der Waals surface area contributed by atoms with E-state index in [2.05, 4.69) is 5.32 Å². The summed E-state index contributed by atoms with van der Waals surface area (Å²) < 4.78 is 5.12. The van der Waals surface area contributed by atoms with Crippen LogP contribution < -0.4 is 5.32 Å². The lowest BCUT2D eigenvalue weighted by molar-refractivity contribution is -0.139. The lowest BCUT2D eigenvalue weighted by Gasteiger charge is -2.14. The van der Waals surface area contributed by atoms with Crippen molar-refractivity contribution in [2.45, 2.75) is 96.8 Å². The van der Waals surface area contributed by atoms with Crippen molar-refractivity contribution in [3.63, 3.8) is 0 Å². The molecule has 0 aromatic carbocycles. The molecule has 0 aliphatic heterocycles. The summed E-state index contributed by atoms with van der Waals surface area (Å²) in [6.45, 7) is 2.12. The largest absolute Gasteiger partial charge is 0.461 e. The van der Waals surface area contributed by atoms with Crippen molar-refractivity contribution >= 4 is 12.4 Å². The summed E-state index contributed by atoms with van der Waals surface area (Å²) in [6, 6.07) is 0. The Bertz CT molecular complexity index is 372. The predicted molar refractivity (Wildman–Crippen MR) is 97.5 cm³/mol. The van der Waals surface area contributed by atoms with Gasteiger partial charge in [-0.25, -0.2) is 4.79 Å². The first-order valence-electron chi connectivity index (χ1n) is 9.89. The van der Waals surface area contributed by atoms with Crippen LogP contribution in [0.3, 0.4) is 0 Å². The van der Waals surface area contributed by atoms with Gasteiger partial charge >= 0.3 is 5.97 Å². The van der Waals surface area contributed by atoms with E-state index in [0.717, 1.165) is 31.3 Å². The molecule has 1 fully saturated rings. The molecule has 0 aromatic rings. The molecule has 0 aromatic heterocycles. The molecule has 24 heavy (non-hydrogen) atoms. The Morgan fingerprint density at radius 3 is 1.67 bits per heavy atom. The summed E-state index contributed by atoms with van der Waals surface area (Å²) in [7, 11) is 0. The minimum absolute atomic E-state index is 0.330. The molecule has 0 heterocycles. The topological polar surface area (TPSA) is 55.4 Å². The van der Waals surface area contributed by atoms with Crippen molar-refractivity contribution in [3.05, 3.63) is 11.3 Å². The number of rotatable bonds is 4. The zero-order valence-electron chi connectivity index (χ0n) is 15.4. The second kappa shape index (κ2) is 14.1. The fraction of sp³-hybridized carbons (Fsp3) is 0.800. The fourth-order valence-corrected chi connectivity index (χ4v) is 3.39. The lowest BCUT2D eigenvalue weighted by Crippen LogP contribution is -2.23. The van der Waals surface area contributed by atoms with E-state index in [-0.39, 0.29) is 0 Å². The van der Waals surface area contributed by atoms with Gasteiger partial charge in [0.05, 0.1) is 6.61 Å². The molecule has 1 aliphatic rings. The molecule has 0 bridgehead atoms. The van der Waals surface area contributed by atoms with Crippen molar-refractivity contribution in [2.75, 3.05) is 6.61 Å². The van der Waals surface area contributed by atoms with Crippen LogP contribution in [0.4, 0.5) is 0 Å². The van der Waals surface area contributed by atoms with Gasteiger partial charge in [-0.05, 0) is 38.2 Å². The van der Waals surface area contributed by atoms with E-state index in [1.54, 1.807) is 6.92 Å². The van der Waals surface area contributed by atoms with Gasteiger partial charge in [0, 0.05) is 0 Å². The third-order valence-corrected chi connectivity index (χ3v) is 4.74. The second-order valence-electron chi connectivity index (χ2n) is 6.70. The minimum Gasteiger partial charge on any atom is -0.461 e. The Balaban J connectivity index is 2.72. The highest BCUT2D eigenvalue weighted by atomic mass is 16.5.